The maximum Gasteiger partial charge on any atom is 0.303 e. The number of hydrogen-bond donors (Lipinski definition) is 2. The third-order valence-electron chi connectivity index (χ3n) is 2.64. The second-order valence-electron chi connectivity index (χ2n) is 4.33. The van der Waals surface area contributed by atoms with Crippen molar-refractivity contribution in [2.24, 2.45) is 0 Å². The average Bonchev–Trinajstić information content (AvgIpc) is 2.92. The number of thiazole rings is 1. The minimum atomic E-state index is -3.52. The summed E-state index contributed by atoms with van der Waals surface area (Å²) in [6, 6.07) is 6.89. The number of carboxylic acid groups (broad SMARTS) is 1. The molecule has 0 radical (unpaired) electrons. The van der Waals surface area contributed by atoms with E-state index in [1.165, 1.54) is 11.3 Å². The molecule has 1 aromatic carbocycles. The van der Waals surface area contributed by atoms with Crippen LogP contribution in [-0.2, 0) is 14.8 Å². The first kappa shape index (κ1) is 15.5. The molecule has 0 aliphatic carbocycles. The molecule has 1 heterocycles. The summed E-state index contributed by atoms with van der Waals surface area (Å²) in [4.78, 5) is 14.5. The molecule has 2 aromatic rings. The summed E-state index contributed by atoms with van der Waals surface area (Å²) in [5, 5.41) is 11.2. The molecule has 6 nitrogen and oxygen atoms in total. The van der Waals surface area contributed by atoms with Crippen LogP contribution in [0.5, 0.6) is 0 Å². The molecule has 0 amide bonds. The third-order valence-corrected chi connectivity index (χ3v) is 4.84. The van der Waals surface area contributed by atoms with E-state index in [1.54, 1.807) is 30.5 Å². The Balaban J connectivity index is 1.98. The predicted octanol–water partition coefficient (Wildman–Crippen LogP) is 2.42. The Kier molecular flexibility index (Phi) is 4.92. The number of carboxylic acids is 1. The molecule has 0 saturated carbocycles. The van der Waals surface area contributed by atoms with Gasteiger partial charge in [-0.1, -0.05) is 0 Å². The van der Waals surface area contributed by atoms with Gasteiger partial charge in [0.15, 0.2) is 0 Å². The SMILES string of the molecule is O=C(O)CCCS(=O)(=O)Nc1ccc(-c2nccs2)cc1. The second kappa shape index (κ2) is 6.68. The van der Waals surface area contributed by atoms with E-state index in [9.17, 15) is 13.2 Å². The monoisotopic (exact) mass is 326 g/mol. The zero-order valence-corrected chi connectivity index (χ0v) is 12.7. The van der Waals surface area contributed by atoms with Crippen molar-refractivity contribution in [2.45, 2.75) is 12.8 Å². The van der Waals surface area contributed by atoms with Gasteiger partial charge in [-0.25, -0.2) is 13.4 Å². The van der Waals surface area contributed by atoms with E-state index < -0.39 is 16.0 Å². The summed E-state index contributed by atoms with van der Waals surface area (Å²) >= 11 is 1.50. The van der Waals surface area contributed by atoms with Crippen molar-refractivity contribution in [3.05, 3.63) is 35.8 Å². The van der Waals surface area contributed by atoms with Gasteiger partial charge in [-0.3, -0.25) is 9.52 Å². The number of nitrogens with one attached hydrogen (secondary N) is 1. The first-order valence-corrected chi connectivity index (χ1v) is 8.72. The number of aliphatic carboxylic acids is 1. The number of aromatic nitrogens is 1. The zero-order valence-electron chi connectivity index (χ0n) is 11.0. The van der Waals surface area contributed by atoms with Crippen LogP contribution >= 0.6 is 11.3 Å². The molecule has 0 bridgehead atoms. The Morgan fingerprint density at radius 2 is 2.00 bits per heavy atom. The molecule has 0 spiro atoms. The Labute approximate surface area is 126 Å². The van der Waals surface area contributed by atoms with Crippen LogP contribution in [-0.4, -0.2) is 30.2 Å². The summed E-state index contributed by atoms with van der Waals surface area (Å²) in [7, 11) is -3.52. The highest BCUT2D eigenvalue weighted by Crippen LogP contribution is 2.23. The lowest BCUT2D eigenvalue weighted by atomic mass is 10.2. The number of benzene rings is 1. The van der Waals surface area contributed by atoms with Gasteiger partial charge in [0, 0.05) is 29.2 Å². The van der Waals surface area contributed by atoms with E-state index in [2.05, 4.69) is 9.71 Å². The lowest BCUT2D eigenvalue weighted by Crippen LogP contribution is -2.17. The van der Waals surface area contributed by atoms with Crippen molar-refractivity contribution < 1.29 is 18.3 Å². The maximum atomic E-state index is 11.8. The Hall–Kier alpha value is -1.93. The molecule has 8 heteroatoms. The molecule has 2 rings (SSSR count). The molecule has 0 aliphatic heterocycles. The largest absolute Gasteiger partial charge is 0.481 e. The molecule has 0 unspecified atom stereocenters. The predicted molar refractivity (Wildman–Crippen MR) is 81.8 cm³/mol. The minimum absolute atomic E-state index is 0.0852. The Morgan fingerprint density at radius 1 is 1.29 bits per heavy atom. The minimum Gasteiger partial charge on any atom is -0.481 e. The number of nitrogens with zero attached hydrogens (tertiary/aromatic N) is 1. The van der Waals surface area contributed by atoms with Gasteiger partial charge >= 0.3 is 5.97 Å². The van der Waals surface area contributed by atoms with Gasteiger partial charge in [-0.15, -0.1) is 11.3 Å². The molecule has 0 fully saturated rings. The van der Waals surface area contributed by atoms with Crippen LogP contribution in [0.4, 0.5) is 5.69 Å². The van der Waals surface area contributed by atoms with Crippen molar-refractivity contribution in [1.82, 2.24) is 4.98 Å². The summed E-state index contributed by atoms with van der Waals surface area (Å²) < 4.78 is 26.0. The zero-order chi connectivity index (χ0) is 15.3. The van der Waals surface area contributed by atoms with Gasteiger partial charge in [0.25, 0.3) is 0 Å². The molecular formula is C13H14N2O4S2. The molecule has 2 N–H and O–H groups in total. The van der Waals surface area contributed by atoms with Gasteiger partial charge in [-0.2, -0.15) is 0 Å². The van der Waals surface area contributed by atoms with Crippen molar-refractivity contribution in [3.8, 4) is 10.6 Å². The summed E-state index contributed by atoms with van der Waals surface area (Å²) in [5.74, 6) is -1.22. The molecule has 0 aliphatic rings. The van der Waals surface area contributed by atoms with Crippen molar-refractivity contribution in [2.75, 3.05) is 10.5 Å². The Morgan fingerprint density at radius 3 is 2.57 bits per heavy atom. The van der Waals surface area contributed by atoms with E-state index >= 15 is 0 Å². The van der Waals surface area contributed by atoms with Crippen molar-refractivity contribution >= 4 is 33.0 Å². The number of sulfonamides is 1. The molecule has 112 valence electrons. The van der Waals surface area contributed by atoms with Gasteiger partial charge in [0.1, 0.15) is 5.01 Å². The molecule has 21 heavy (non-hydrogen) atoms. The molecular weight excluding hydrogens is 312 g/mol. The van der Waals surface area contributed by atoms with Crippen LogP contribution < -0.4 is 4.72 Å². The summed E-state index contributed by atoms with van der Waals surface area (Å²) in [6.45, 7) is 0. The lowest BCUT2D eigenvalue weighted by molar-refractivity contribution is -0.137. The van der Waals surface area contributed by atoms with Crippen LogP contribution in [0.15, 0.2) is 35.8 Å². The third kappa shape index (κ3) is 4.83. The molecule has 1 aromatic heterocycles. The lowest BCUT2D eigenvalue weighted by Gasteiger charge is -2.07. The van der Waals surface area contributed by atoms with Gasteiger partial charge in [-0.05, 0) is 30.7 Å². The van der Waals surface area contributed by atoms with Crippen molar-refractivity contribution in [1.29, 1.82) is 0 Å². The van der Waals surface area contributed by atoms with Crippen LogP contribution in [0.25, 0.3) is 10.6 Å². The standard InChI is InChI=1S/C13H14N2O4S2/c16-12(17)2-1-9-21(18,19)15-11-5-3-10(4-6-11)13-14-7-8-20-13/h3-8,15H,1-2,9H2,(H,16,17). The van der Waals surface area contributed by atoms with Crippen LogP contribution in [0.1, 0.15) is 12.8 Å². The number of rotatable bonds is 7. The average molecular weight is 326 g/mol. The smallest absolute Gasteiger partial charge is 0.303 e. The van der Waals surface area contributed by atoms with E-state index in [4.69, 9.17) is 5.11 Å². The number of carbonyl (C=O) groups is 1. The van der Waals surface area contributed by atoms with E-state index in [0.29, 0.717) is 5.69 Å². The highest BCUT2D eigenvalue weighted by atomic mass is 32.2. The second-order valence-corrected chi connectivity index (χ2v) is 7.07. The molecule has 0 atom stereocenters. The van der Waals surface area contributed by atoms with Gasteiger partial charge in [0.05, 0.1) is 5.75 Å². The van der Waals surface area contributed by atoms with Crippen LogP contribution in [0.2, 0.25) is 0 Å². The maximum absolute atomic E-state index is 11.8. The fourth-order valence-corrected chi connectivity index (χ4v) is 3.46. The van der Waals surface area contributed by atoms with Gasteiger partial charge < -0.3 is 5.11 Å². The fraction of sp³-hybridized carbons (Fsp3) is 0.231. The highest BCUT2D eigenvalue weighted by Gasteiger charge is 2.11. The topological polar surface area (TPSA) is 96.4 Å². The summed E-state index contributed by atoms with van der Waals surface area (Å²) in [6.07, 6.45) is 1.63. The van der Waals surface area contributed by atoms with E-state index in [-0.39, 0.29) is 18.6 Å². The molecule has 0 saturated heterocycles. The first-order valence-electron chi connectivity index (χ1n) is 6.18. The normalized spacial score (nSPS) is 11.2. The fourth-order valence-electron chi connectivity index (χ4n) is 1.69. The number of hydrogen-bond acceptors (Lipinski definition) is 5. The first-order chi connectivity index (χ1) is 9.96. The Bertz CT molecular complexity index is 694. The van der Waals surface area contributed by atoms with Gasteiger partial charge in [0.2, 0.25) is 10.0 Å². The summed E-state index contributed by atoms with van der Waals surface area (Å²) in [5.41, 5.74) is 1.37. The number of anilines is 1. The van der Waals surface area contributed by atoms with Crippen LogP contribution in [0.3, 0.4) is 0 Å². The van der Waals surface area contributed by atoms with E-state index in [0.717, 1.165) is 10.6 Å². The van der Waals surface area contributed by atoms with Crippen LogP contribution in [0, 0.1) is 0 Å². The highest BCUT2D eigenvalue weighted by molar-refractivity contribution is 7.92. The van der Waals surface area contributed by atoms with E-state index in [1.807, 2.05) is 5.38 Å². The quantitative estimate of drug-likeness (QED) is 0.814. The van der Waals surface area contributed by atoms with Crippen molar-refractivity contribution in [3.63, 3.8) is 0 Å².